The van der Waals surface area contributed by atoms with E-state index >= 15 is 0 Å². The minimum atomic E-state index is -0.589. The van der Waals surface area contributed by atoms with E-state index in [9.17, 15) is 4.79 Å². The molecule has 0 saturated carbocycles. The maximum Gasteiger partial charge on any atom is 0.228 e. The van der Waals surface area contributed by atoms with Crippen LogP contribution < -0.4 is 0 Å². The van der Waals surface area contributed by atoms with E-state index in [0.717, 1.165) is 39.6 Å². The zero-order valence-corrected chi connectivity index (χ0v) is 32.6. The molecule has 2 atom stereocenters. The molecule has 1 aromatic carbocycles. The average Bonchev–Trinajstić information content (AvgIpc) is 3.56. The van der Waals surface area contributed by atoms with Gasteiger partial charge in [-0.3, -0.25) is 14.4 Å². The van der Waals surface area contributed by atoms with E-state index in [1.54, 1.807) is 16.2 Å². The number of aliphatic hydroxyl groups is 1. The highest BCUT2D eigenvalue weighted by Gasteiger charge is 2.45. The molecule has 1 amide bonds. The van der Waals surface area contributed by atoms with Crippen LogP contribution in [0.15, 0.2) is 29.3 Å². The molecule has 1 unspecified atom stereocenters. The fourth-order valence-corrected chi connectivity index (χ4v) is 7.24. The number of aryl methyl sites for hydroxylation is 2. The summed E-state index contributed by atoms with van der Waals surface area (Å²) in [7, 11) is 1.82. The number of benzene rings is 1. The number of fused-ring (bicyclic) bond motifs is 3. The van der Waals surface area contributed by atoms with Gasteiger partial charge < -0.3 is 33.7 Å². The number of aromatic nitrogens is 3. The van der Waals surface area contributed by atoms with E-state index in [0.29, 0.717) is 83.5 Å². The van der Waals surface area contributed by atoms with Crippen molar-refractivity contribution in [2.24, 2.45) is 16.3 Å². The third kappa shape index (κ3) is 11.1. The first-order valence-electron chi connectivity index (χ1n) is 17.6. The quantitative estimate of drug-likeness (QED) is 0.143. The van der Waals surface area contributed by atoms with Crippen LogP contribution in [0.4, 0.5) is 0 Å². The molecule has 0 fully saturated rings. The lowest BCUT2D eigenvalue weighted by atomic mass is 9.75. The molecule has 0 radical (unpaired) electrons. The molecule has 1 aliphatic heterocycles. The molecule has 1 N–H and O–H groups in total. The number of hydrogen-bond donors (Lipinski definition) is 1. The number of thiophene rings is 1. The smallest absolute Gasteiger partial charge is 0.228 e. The summed E-state index contributed by atoms with van der Waals surface area (Å²) in [6, 6.07) is 7.13. The van der Waals surface area contributed by atoms with Crippen molar-refractivity contribution in [1.82, 2.24) is 19.7 Å². The van der Waals surface area contributed by atoms with Crippen LogP contribution in [0.1, 0.15) is 66.5 Å². The number of likely N-dealkylation sites (N-methyl/N-ethyl adjacent to an activating group) is 1. The zero-order chi connectivity index (χ0) is 37.0. The summed E-state index contributed by atoms with van der Waals surface area (Å²) in [5, 5.41) is 19.5. The summed E-state index contributed by atoms with van der Waals surface area (Å²) in [6.07, 6.45) is 0.772. The van der Waals surface area contributed by atoms with Gasteiger partial charge in [-0.15, -0.1) is 21.5 Å². The van der Waals surface area contributed by atoms with Gasteiger partial charge in [0.05, 0.1) is 71.1 Å². The second-order valence-corrected chi connectivity index (χ2v) is 15.2. The summed E-state index contributed by atoms with van der Waals surface area (Å²) in [5.41, 5.74) is 3.48. The van der Waals surface area contributed by atoms with Gasteiger partial charge in [-0.1, -0.05) is 44.5 Å². The second-order valence-electron chi connectivity index (χ2n) is 13.6. The van der Waals surface area contributed by atoms with Gasteiger partial charge in [-0.05, 0) is 50.3 Å². The lowest BCUT2D eigenvalue weighted by molar-refractivity contribution is -0.139. The Kier molecular flexibility index (Phi) is 16.0. The van der Waals surface area contributed by atoms with Gasteiger partial charge in [-0.2, -0.15) is 0 Å². The van der Waals surface area contributed by atoms with Crippen molar-refractivity contribution in [2.45, 2.75) is 54.0 Å². The van der Waals surface area contributed by atoms with Crippen LogP contribution in [0.2, 0.25) is 5.02 Å². The Labute approximate surface area is 311 Å². The van der Waals surface area contributed by atoms with Crippen LogP contribution in [0.3, 0.4) is 0 Å². The van der Waals surface area contributed by atoms with E-state index in [1.807, 2.05) is 38.2 Å². The molecule has 14 heteroatoms. The maximum atomic E-state index is 14.4. The number of ether oxygens (including phenoxy) is 5. The highest BCUT2D eigenvalue weighted by molar-refractivity contribution is 7.15. The Morgan fingerprint density at radius 3 is 2.06 bits per heavy atom. The number of rotatable bonds is 21. The van der Waals surface area contributed by atoms with Crippen molar-refractivity contribution in [3.63, 3.8) is 0 Å². The standard InChI is InChI=1S/C37H54ClN5O7S/c1-25-26(2)51-36-30(25)32(28-9-11-29(38)12-10-28)39-33(34-41-40-27(3)43(34)36)31(37(4,5)6)35(45)42(7)13-17-48-21-19-46-15-8-16-47-20-23-50-24-22-49-18-14-44/h9-12,31,33,44H,8,13-24H2,1-7H3/t31-,33?/m0/s1. The Hall–Kier alpha value is -2.75. The summed E-state index contributed by atoms with van der Waals surface area (Å²) >= 11 is 7.99. The molecule has 12 nitrogen and oxygen atoms in total. The molecule has 0 saturated heterocycles. The summed E-state index contributed by atoms with van der Waals surface area (Å²) < 4.78 is 29.7. The fourth-order valence-electron chi connectivity index (χ4n) is 5.90. The average molecular weight is 748 g/mol. The molecule has 1 aliphatic rings. The Balaban J connectivity index is 1.34. The molecular weight excluding hydrogens is 694 g/mol. The lowest BCUT2D eigenvalue weighted by Crippen LogP contribution is -2.43. The zero-order valence-electron chi connectivity index (χ0n) is 31.1. The van der Waals surface area contributed by atoms with Crippen molar-refractivity contribution < 1.29 is 33.6 Å². The number of carbonyl (C=O) groups excluding carboxylic acids is 1. The highest BCUT2D eigenvalue weighted by Crippen LogP contribution is 2.45. The molecule has 282 valence electrons. The molecule has 3 heterocycles. The Morgan fingerprint density at radius 2 is 1.47 bits per heavy atom. The number of aliphatic imine (C=N–C) groups is 1. The van der Waals surface area contributed by atoms with Crippen LogP contribution in [0, 0.1) is 32.1 Å². The molecular formula is C37H54ClN5O7S. The molecule has 51 heavy (non-hydrogen) atoms. The number of hydrogen-bond acceptors (Lipinski definition) is 11. The van der Waals surface area contributed by atoms with Crippen LogP contribution in [-0.4, -0.2) is 123 Å². The molecule has 0 spiro atoms. The van der Waals surface area contributed by atoms with E-state index in [4.69, 9.17) is 45.4 Å². The minimum Gasteiger partial charge on any atom is -0.394 e. The van der Waals surface area contributed by atoms with Crippen LogP contribution >= 0.6 is 22.9 Å². The fraction of sp³-hybridized carbons (Fsp3) is 0.622. The predicted octanol–water partition coefficient (Wildman–Crippen LogP) is 5.39. The van der Waals surface area contributed by atoms with E-state index in [-0.39, 0.29) is 12.5 Å². The monoisotopic (exact) mass is 747 g/mol. The van der Waals surface area contributed by atoms with E-state index in [2.05, 4.69) is 49.4 Å². The first-order valence-corrected chi connectivity index (χ1v) is 18.8. The normalized spacial score (nSPS) is 14.9. The Morgan fingerprint density at radius 1 is 0.902 bits per heavy atom. The van der Waals surface area contributed by atoms with Crippen molar-refractivity contribution in [2.75, 3.05) is 86.3 Å². The molecule has 4 rings (SSSR count). The van der Waals surface area contributed by atoms with Crippen LogP contribution in [-0.2, 0) is 28.5 Å². The molecule has 0 aliphatic carbocycles. The molecule has 2 aromatic heterocycles. The second kappa shape index (κ2) is 19.9. The van der Waals surface area contributed by atoms with Crippen molar-refractivity contribution >= 4 is 34.6 Å². The van der Waals surface area contributed by atoms with E-state index in [1.165, 1.54) is 4.88 Å². The topological polar surface area (TPSA) is 130 Å². The number of carbonyl (C=O) groups is 1. The van der Waals surface area contributed by atoms with Crippen molar-refractivity contribution in [3.8, 4) is 5.00 Å². The highest BCUT2D eigenvalue weighted by atomic mass is 35.5. The van der Waals surface area contributed by atoms with E-state index < -0.39 is 17.4 Å². The van der Waals surface area contributed by atoms with Gasteiger partial charge in [0.25, 0.3) is 0 Å². The Bertz CT molecular complexity index is 1570. The van der Waals surface area contributed by atoms with Gasteiger partial charge in [0.15, 0.2) is 5.82 Å². The van der Waals surface area contributed by atoms with Gasteiger partial charge in [0.2, 0.25) is 5.91 Å². The largest absolute Gasteiger partial charge is 0.394 e. The van der Waals surface area contributed by atoms with Gasteiger partial charge >= 0.3 is 0 Å². The van der Waals surface area contributed by atoms with Crippen LogP contribution in [0.5, 0.6) is 0 Å². The first kappa shape index (κ1) is 41.0. The predicted molar refractivity (Wildman–Crippen MR) is 200 cm³/mol. The van der Waals surface area contributed by atoms with Gasteiger partial charge in [0, 0.05) is 47.8 Å². The molecule has 3 aromatic rings. The molecule has 0 bridgehead atoms. The number of amides is 1. The van der Waals surface area contributed by atoms with Crippen molar-refractivity contribution in [3.05, 3.63) is 62.5 Å². The van der Waals surface area contributed by atoms with Crippen LogP contribution in [0.25, 0.3) is 5.00 Å². The third-order valence-electron chi connectivity index (χ3n) is 8.70. The summed E-state index contributed by atoms with van der Waals surface area (Å²) in [4.78, 5) is 22.8. The summed E-state index contributed by atoms with van der Waals surface area (Å²) in [6.45, 7) is 17.6. The first-order chi connectivity index (χ1) is 24.5. The number of aliphatic hydroxyl groups excluding tert-OH is 1. The lowest BCUT2D eigenvalue weighted by Gasteiger charge is -2.36. The third-order valence-corrected chi connectivity index (χ3v) is 10.1. The van der Waals surface area contributed by atoms with Gasteiger partial charge in [-0.25, -0.2) is 0 Å². The SMILES string of the molecule is Cc1sc2c(c1C)C(c1ccc(Cl)cc1)=NC([C@@H](C(=O)N(C)CCOCCOCCCOCCOCCOCCO)C(C)(C)C)c1nnc(C)n1-2. The van der Waals surface area contributed by atoms with Crippen molar-refractivity contribution in [1.29, 1.82) is 0 Å². The van der Waals surface area contributed by atoms with Gasteiger partial charge in [0.1, 0.15) is 16.9 Å². The summed E-state index contributed by atoms with van der Waals surface area (Å²) in [5.74, 6) is 0.848. The number of halogens is 1. The maximum absolute atomic E-state index is 14.4. The number of nitrogens with zero attached hydrogens (tertiary/aromatic N) is 5. The minimum absolute atomic E-state index is 0.0162.